The summed E-state index contributed by atoms with van der Waals surface area (Å²) in [4.78, 5) is 68.8. The molecule has 0 saturated heterocycles. The highest BCUT2D eigenvalue weighted by Gasteiger charge is 2.49. The number of nitrogens with one attached hydrogen (secondary N) is 1. The summed E-state index contributed by atoms with van der Waals surface area (Å²) in [6.45, 7) is 10.1. The minimum Gasteiger partial charge on any atom is -0.507 e. The van der Waals surface area contributed by atoms with Gasteiger partial charge in [-0.25, -0.2) is 0 Å². The number of Topliss-reactive ketones (excluding diaryl/α,β-unsaturated/α-hetero) is 3. The van der Waals surface area contributed by atoms with Gasteiger partial charge in [-0.15, -0.1) is 0 Å². The number of thioether (sulfide) groups is 1. The normalized spacial score (nSPS) is 34.8. The van der Waals surface area contributed by atoms with E-state index in [1.807, 2.05) is 0 Å². The lowest BCUT2D eigenvalue weighted by Crippen LogP contribution is -2.51. The van der Waals surface area contributed by atoms with Gasteiger partial charge in [-0.3, -0.25) is 24.0 Å². The highest BCUT2D eigenvalue weighted by Crippen LogP contribution is 2.49. The molecule has 4 rings (SSSR count). The van der Waals surface area contributed by atoms with Crippen molar-refractivity contribution in [1.82, 2.24) is 5.32 Å². The van der Waals surface area contributed by atoms with Gasteiger partial charge in [0.25, 0.3) is 0 Å². The second kappa shape index (κ2) is 15.2. The number of aromatic hydroxyl groups is 1. The van der Waals surface area contributed by atoms with Crippen molar-refractivity contribution in [2.24, 2.45) is 29.6 Å². The molecule has 2 aliphatic heterocycles. The molecule has 1 aromatic carbocycles. The van der Waals surface area contributed by atoms with E-state index in [1.165, 1.54) is 73.8 Å². The average Bonchev–Trinajstić information content (AvgIpc) is 3.11. The Labute approximate surface area is 305 Å². The van der Waals surface area contributed by atoms with Crippen molar-refractivity contribution in [1.29, 1.82) is 0 Å². The van der Waals surface area contributed by atoms with Crippen LogP contribution in [0.1, 0.15) is 78.2 Å². The first kappa shape index (κ1) is 40.9. The summed E-state index contributed by atoms with van der Waals surface area (Å²) >= 11 is 0.696. The maximum absolute atomic E-state index is 14.4. The molecule has 2 heterocycles. The van der Waals surface area contributed by atoms with Gasteiger partial charge in [0.1, 0.15) is 27.9 Å². The van der Waals surface area contributed by atoms with Crippen LogP contribution in [0.5, 0.6) is 11.5 Å². The molecular formula is C37H47NO13S. The molecule has 1 amide bonds. The lowest BCUT2D eigenvalue weighted by molar-refractivity contribution is -0.165. The third-order valence-corrected chi connectivity index (χ3v) is 12.0. The Bertz CT molecular complexity index is 1780. The van der Waals surface area contributed by atoms with Crippen molar-refractivity contribution in [3.8, 4) is 11.5 Å². The second-order valence-electron chi connectivity index (χ2n) is 14.1. The molecule has 3 bridgehead atoms. The van der Waals surface area contributed by atoms with Gasteiger partial charge in [0.15, 0.2) is 5.78 Å². The van der Waals surface area contributed by atoms with Gasteiger partial charge in [0.05, 0.1) is 66.3 Å². The van der Waals surface area contributed by atoms with E-state index in [9.17, 15) is 54.6 Å². The van der Waals surface area contributed by atoms with Crippen LogP contribution in [0.25, 0.3) is 0 Å². The smallest absolute Gasteiger partial charge is 0.313 e. The molecule has 15 heteroatoms. The predicted molar refractivity (Wildman–Crippen MR) is 189 cm³/mol. The summed E-state index contributed by atoms with van der Waals surface area (Å²) in [5.74, 6) is -10.9. The number of hydrogen-bond acceptors (Lipinski definition) is 14. The van der Waals surface area contributed by atoms with Crippen LogP contribution in [-0.2, 0) is 14.3 Å². The first-order valence-corrected chi connectivity index (χ1v) is 17.7. The van der Waals surface area contributed by atoms with E-state index in [1.54, 1.807) is 0 Å². The fourth-order valence-corrected chi connectivity index (χ4v) is 8.24. The number of esters is 1. The quantitative estimate of drug-likeness (QED) is 0.169. The van der Waals surface area contributed by atoms with Gasteiger partial charge in [-0.2, -0.15) is 0 Å². The number of benzene rings is 1. The summed E-state index contributed by atoms with van der Waals surface area (Å²) in [5.41, 5.74) is -1.69. The number of aliphatic hydroxyl groups is 5. The number of ketones is 3. The fourth-order valence-electron chi connectivity index (χ4n) is 7.09. The molecule has 1 aromatic rings. The lowest BCUT2D eigenvalue weighted by atomic mass is 9.75. The summed E-state index contributed by atoms with van der Waals surface area (Å²) < 4.78 is 8.78. The molecule has 1 aliphatic carbocycles. The van der Waals surface area contributed by atoms with Crippen molar-refractivity contribution in [3.63, 3.8) is 0 Å². The van der Waals surface area contributed by atoms with Crippen molar-refractivity contribution >= 4 is 41.0 Å². The number of phenolic OH excluding ortho intramolecular Hbond substituents is 1. The number of carbonyl (C=O) groups is 5. The van der Waals surface area contributed by atoms with Crippen LogP contribution in [0.4, 0.5) is 0 Å². The predicted octanol–water partition coefficient (Wildman–Crippen LogP) is 1.76. The summed E-state index contributed by atoms with van der Waals surface area (Å²) in [6.07, 6.45) is -3.92. The molecule has 0 spiro atoms. The molecule has 7 N–H and O–H groups in total. The zero-order valence-electron chi connectivity index (χ0n) is 30.5. The topological polar surface area (TPSA) is 237 Å². The van der Waals surface area contributed by atoms with Crippen molar-refractivity contribution < 1.29 is 64.1 Å². The Kier molecular flexibility index (Phi) is 12.0. The van der Waals surface area contributed by atoms with E-state index in [4.69, 9.17) is 9.47 Å². The van der Waals surface area contributed by atoms with E-state index in [2.05, 4.69) is 5.32 Å². The van der Waals surface area contributed by atoms with Crippen LogP contribution < -0.4 is 10.1 Å². The minimum atomic E-state index is -1.72. The van der Waals surface area contributed by atoms with Gasteiger partial charge >= 0.3 is 5.97 Å². The summed E-state index contributed by atoms with van der Waals surface area (Å²) in [5, 5.41) is 70.2. The summed E-state index contributed by atoms with van der Waals surface area (Å²) in [7, 11) is 2.28. The van der Waals surface area contributed by atoms with Gasteiger partial charge < -0.3 is 45.4 Å². The molecule has 0 saturated carbocycles. The molecule has 0 radical (unpaired) electrons. The monoisotopic (exact) mass is 745 g/mol. The largest absolute Gasteiger partial charge is 0.507 e. The molecule has 0 fully saturated rings. The van der Waals surface area contributed by atoms with Gasteiger partial charge in [0, 0.05) is 29.2 Å². The van der Waals surface area contributed by atoms with E-state index in [-0.39, 0.29) is 33.1 Å². The molecule has 11 atom stereocenters. The number of phenols is 1. The Morgan fingerprint density at radius 3 is 1.94 bits per heavy atom. The molecule has 0 aromatic heterocycles. The van der Waals surface area contributed by atoms with E-state index in [0.29, 0.717) is 11.8 Å². The van der Waals surface area contributed by atoms with E-state index < -0.39 is 111 Å². The first-order valence-electron chi connectivity index (χ1n) is 16.8. The number of allylic oxidation sites excluding steroid dienone is 3. The molecule has 284 valence electrons. The van der Waals surface area contributed by atoms with Crippen LogP contribution in [0.15, 0.2) is 34.4 Å². The number of hydrogen-bond donors (Lipinski definition) is 7. The van der Waals surface area contributed by atoms with Crippen LogP contribution in [0, 0.1) is 36.5 Å². The summed E-state index contributed by atoms with van der Waals surface area (Å²) in [6, 6.07) is 0. The number of ether oxygens (including phenoxy) is 2. The fraction of sp³-hybridized carbons (Fsp3) is 0.541. The van der Waals surface area contributed by atoms with Crippen LogP contribution in [0.3, 0.4) is 0 Å². The minimum absolute atomic E-state index is 0.00797. The SMILES string of the molecule is COC(=O)C1C(O)C(C)C(O)C(C)C=C(C)C(=O)c2c(OC)c(C)c(O)c3c2C(=O)C2=C(NC(=O)C(C)(C=CC(O)C(C)C(O)C(C)C1O)S2)C3=O. The highest BCUT2D eigenvalue weighted by atomic mass is 32.2. The number of rotatable bonds is 2. The van der Waals surface area contributed by atoms with Crippen LogP contribution >= 0.6 is 11.8 Å². The molecule has 11 unspecified atom stereocenters. The van der Waals surface area contributed by atoms with Crippen molar-refractivity contribution in [3.05, 3.63) is 56.7 Å². The third kappa shape index (κ3) is 6.85. The number of amides is 1. The van der Waals surface area contributed by atoms with Crippen LogP contribution in [-0.4, -0.2) is 109 Å². The van der Waals surface area contributed by atoms with Gasteiger partial charge in [-0.05, 0) is 26.3 Å². The third-order valence-electron chi connectivity index (χ3n) is 10.7. The van der Waals surface area contributed by atoms with Gasteiger partial charge in [0.2, 0.25) is 17.5 Å². The number of fused-ring (bicyclic) bond motifs is 1. The van der Waals surface area contributed by atoms with E-state index >= 15 is 0 Å². The number of aliphatic hydroxyl groups excluding tert-OH is 5. The maximum atomic E-state index is 14.4. The standard InChI is InChI=1S/C37H47NO13S/c1-13-12-14(2)26(41)22-20-21(30(45)18(6)33(22)50-8)31(46)24-34(32(20)47)52-37(7,36(49)38-24)11-10-19(39)15(3)27(42)17(5)29(44)23(35(48)51-9)28(43)16(4)25(13)40/h10-13,15-17,19,23,25,27-29,39-40,42-45H,1-9H3,(H,38,49). The Hall–Kier alpha value is -3.86. The molecular weight excluding hydrogens is 698 g/mol. The number of methoxy groups -OCH3 is 2. The Balaban J connectivity index is 1.98. The van der Waals surface area contributed by atoms with Crippen LogP contribution in [0.2, 0.25) is 0 Å². The molecule has 52 heavy (non-hydrogen) atoms. The van der Waals surface area contributed by atoms with Gasteiger partial charge in [-0.1, -0.05) is 57.7 Å². The average molecular weight is 746 g/mol. The van der Waals surface area contributed by atoms with Crippen molar-refractivity contribution in [2.75, 3.05) is 14.2 Å². The van der Waals surface area contributed by atoms with E-state index in [0.717, 1.165) is 7.11 Å². The molecule has 14 nitrogen and oxygen atoms in total. The Morgan fingerprint density at radius 2 is 1.38 bits per heavy atom. The maximum Gasteiger partial charge on any atom is 0.313 e. The first-order chi connectivity index (χ1) is 24.2. The molecule has 3 aliphatic rings. The second-order valence-corrected chi connectivity index (χ2v) is 15.6. The Morgan fingerprint density at radius 1 is 0.808 bits per heavy atom. The van der Waals surface area contributed by atoms with Crippen molar-refractivity contribution in [2.45, 2.75) is 83.7 Å². The lowest BCUT2D eigenvalue weighted by Gasteiger charge is -2.37. The zero-order chi connectivity index (χ0) is 39.3. The highest BCUT2D eigenvalue weighted by molar-refractivity contribution is 8.06. The zero-order valence-corrected chi connectivity index (χ0v) is 31.3. The number of carbonyl (C=O) groups excluding carboxylic acids is 5.